The highest BCUT2D eigenvalue weighted by Crippen LogP contribution is 2.50. The summed E-state index contributed by atoms with van der Waals surface area (Å²) in [7, 11) is 4.15. The smallest absolute Gasteiger partial charge is 0.410 e. The van der Waals surface area contributed by atoms with Crippen LogP contribution in [0.3, 0.4) is 0 Å². The van der Waals surface area contributed by atoms with Crippen LogP contribution in [0.15, 0.2) is 76.9 Å². The second kappa shape index (κ2) is 21.6. The molecule has 6 saturated heterocycles. The summed E-state index contributed by atoms with van der Waals surface area (Å²) in [5.74, 6) is -0.283. The number of phenols is 1. The molecule has 22 heteroatoms. The lowest BCUT2D eigenvalue weighted by Crippen LogP contribution is -2.59. The van der Waals surface area contributed by atoms with Gasteiger partial charge in [-0.15, -0.1) is 11.3 Å². The van der Waals surface area contributed by atoms with Crippen LogP contribution < -0.4 is 25.0 Å². The minimum absolute atomic E-state index is 0.00914. The summed E-state index contributed by atoms with van der Waals surface area (Å²) in [6.07, 6.45) is 5.98. The van der Waals surface area contributed by atoms with E-state index in [-0.39, 0.29) is 91.4 Å². The Morgan fingerprint density at radius 2 is 1.76 bits per heavy atom. The zero-order valence-electron chi connectivity index (χ0n) is 48.4. The first-order valence-corrected chi connectivity index (χ1v) is 31.3. The molecule has 3 radical (unpaired) electrons. The van der Waals surface area contributed by atoms with E-state index in [0.717, 1.165) is 124 Å². The third-order valence-electron chi connectivity index (χ3n) is 19.2. The molecular weight excluding hydrogens is 1110 g/mol. The summed E-state index contributed by atoms with van der Waals surface area (Å²) < 4.78 is 24.9. The van der Waals surface area contributed by atoms with Crippen molar-refractivity contribution in [1.82, 2.24) is 50.4 Å². The van der Waals surface area contributed by atoms with Gasteiger partial charge < -0.3 is 54.3 Å². The van der Waals surface area contributed by atoms with Gasteiger partial charge in [0.2, 0.25) is 11.8 Å². The zero-order valence-corrected chi connectivity index (χ0v) is 50.2. The number of likely N-dealkylation sites (tertiary alicyclic amines) is 2. The summed E-state index contributed by atoms with van der Waals surface area (Å²) in [4.78, 5) is 70.8. The number of aliphatic hydroxyl groups is 1. The number of aryl methyl sites for hydroxylation is 1. The van der Waals surface area contributed by atoms with Crippen LogP contribution in [0.25, 0.3) is 43.4 Å². The monoisotopic (exact) mass is 1180 g/mol. The molecule has 6 aliphatic heterocycles. The average Bonchev–Trinajstić information content (AvgIpc) is 1.81. The van der Waals surface area contributed by atoms with E-state index in [9.17, 15) is 24.6 Å². The Morgan fingerprint density at radius 1 is 0.965 bits per heavy atom. The van der Waals surface area contributed by atoms with Crippen molar-refractivity contribution in [3.05, 3.63) is 101 Å². The molecule has 10 heterocycles. The highest BCUT2D eigenvalue weighted by atomic mass is 32.1. The van der Waals surface area contributed by atoms with E-state index in [1.54, 1.807) is 22.3 Å². The van der Waals surface area contributed by atoms with Gasteiger partial charge >= 0.3 is 12.1 Å². The second-order valence-electron chi connectivity index (χ2n) is 25.1. The molecule has 2 bridgehead atoms. The molecule has 14 rings (SSSR count). The van der Waals surface area contributed by atoms with Crippen molar-refractivity contribution in [2.75, 3.05) is 57.4 Å². The Balaban J connectivity index is 0.605. The first-order chi connectivity index (χ1) is 41.0. The number of aromatic hydroxyl groups is 1. The predicted molar refractivity (Wildman–Crippen MR) is 320 cm³/mol. The van der Waals surface area contributed by atoms with Crippen LogP contribution in [0.2, 0.25) is 0 Å². The molecule has 7 aliphatic rings. The van der Waals surface area contributed by atoms with Crippen LogP contribution in [0.1, 0.15) is 119 Å². The van der Waals surface area contributed by atoms with Crippen molar-refractivity contribution in [2.24, 2.45) is 5.92 Å². The number of hydrogen-bond donors (Lipinski definition) is 4. The molecule has 0 saturated carbocycles. The van der Waals surface area contributed by atoms with Gasteiger partial charge in [-0.2, -0.15) is 9.97 Å². The third kappa shape index (κ3) is 9.94. The molecule has 85 heavy (non-hydrogen) atoms. The first-order valence-electron chi connectivity index (χ1n) is 30.0. The molecule has 9 atom stereocenters. The fourth-order valence-corrected chi connectivity index (χ4v) is 16.2. The summed E-state index contributed by atoms with van der Waals surface area (Å²) in [5.41, 5.74) is 9.09. The molecule has 441 valence electrons. The lowest BCUT2D eigenvalue weighted by molar-refractivity contribution is -0.141. The van der Waals surface area contributed by atoms with E-state index in [0.29, 0.717) is 24.7 Å². The van der Waals surface area contributed by atoms with E-state index in [1.807, 2.05) is 87.9 Å². The number of piperazine rings is 1. The highest BCUT2D eigenvalue weighted by Gasteiger charge is 2.56. The van der Waals surface area contributed by atoms with Crippen molar-refractivity contribution < 1.29 is 43.3 Å². The predicted octanol–water partition coefficient (Wildman–Crippen LogP) is 7.73. The molecule has 6 fully saturated rings. The minimum Gasteiger partial charge on any atom is -0.508 e. The number of thiazole rings is 1. The Kier molecular flexibility index (Phi) is 14.1. The lowest BCUT2D eigenvalue weighted by Gasteiger charge is -2.41. The maximum Gasteiger partial charge on any atom is 0.410 e. The van der Waals surface area contributed by atoms with Gasteiger partial charge in [-0.05, 0) is 110 Å². The van der Waals surface area contributed by atoms with Gasteiger partial charge in [0.05, 0.1) is 73.7 Å². The van der Waals surface area contributed by atoms with Gasteiger partial charge in [0, 0.05) is 72.6 Å². The molecule has 3 unspecified atom stereocenters. The number of pyridine rings is 1. The fourth-order valence-electron chi connectivity index (χ4n) is 14.8. The lowest BCUT2D eigenvalue weighted by atomic mass is 9.79. The topological polar surface area (TPSA) is 234 Å². The van der Waals surface area contributed by atoms with E-state index >= 15 is 0 Å². The van der Waals surface area contributed by atoms with Gasteiger partial charge in [-0.1, -0.05) is 63.2 Å². The number of anilines is 1. The van der Waals surface area contributed by atoms with Crippen molar-refractivity contribution in [3.8, 4) is 39.3 Å². The van der Waals surface area contributed by atoms with Crippen LogP contribution in [-0.4, -0.2) is 172 Å². The largest absolute Gasteiger partial charge is 0.508 e. The van der Waals surface area contributed by atoms with Crippen molar-refractivity contribution in [2.45, 2.75) is 138 Å². The van der Waals surface area contributed by atoms with Crippen molar-refractivity contribution in [1.29, 1.82) is 0 Å². The summed E-state index contributed by atoms with van der Waals surface area (Å²) in [5, 5.41) is 35.1. The number of carbonyl (C=O) groups excluding carboxylic acids is 3. The number of carbonyl (C=O) groups is 3. The fraction of sp³-hybridized carbons (Fsp3) is 0.492. The quantitative estimate of drug-likeness (QED) is 0.0719. The Morgan fingerprint density at radius 3 is 2.53 bits per heavy atom. The number of hydrogen-bond acceptors (Lipinski definition) is 18. The van der Waals surface area contributed by atoms with Crippen LogP contribution in [0, 0.1) is 12.8 Å². The van der Waals surface area contributed by atoms with Crippen molar-refractivity contribution >= 4 is 67.0 Å². The number of aliphatic hydroxyl groups excluding tert-OH is 1. The number of benzene rings is 3. The average molecular weight is 1190 g/mol. The van der Waals surface area contributed by atoms with Crippen LogP contribution in [0.5, 0.6) is 17.6 Å². The van der Waals surface area contributed by atoms with Crippen LogP contribution in [0.4, 0.5) is 10.6 Å². The summed E-state index contributed by atoms with van der Waals surface area (Å²) >= 11 is 1.58. The molecule has 20 nitrogen and oxygen atoms in total. The SMILES string of the molecule is Cc1ncsc1-c1ccc([C@H](C)NC(=O)[C@@H]2C[C@@H](O)CN2C(=O)[C@H](c2cc(OC3CN(C(=O)OC[C@]4([Si])CC[C@@]5(COc6nc(N7CC8CCC(C7)N8)c7cnc8c(c7n6)C(C)c6cccc7cc(O)cc-8c67)CCCN45)C3)no2)C(C)C)cc1. The maximum absolute atomic E-state index is 14.4. The molecule has 7 aromatic rings. The van der Waals surface area contributed by atoms with Crippen LogP contribution in [-0.2, 0) is 14.3 Å². The molecule has 3 amide bonds. The number of ether oxygens (including phenoxy) is 3. The molecule has 4 N–H and O–H groups in total. The summed E-state index contributed by atoms with van der Waals surface area (Å²) in [6, 6.07) is 19.3. The maximum atomic E-state index is 14.4. The van der Waals surface area contributed by atoms with Gasteiger partial charge in [0.25, 0.3) is 5.88 Å². The number of phenolic OH excluding ortho intramolecular Hbond substituents is 1. The van der Waals surface area contributed by atoms with Gasteiger partial charge in [-0.3, -0.25) is 19.5 Å². The number of β-amino-alcohol motifs (C(OH)–C–C–N with tert-alkyl or cyclic N) is 1. The second-order valence-corrected chi connectivity index (χ2v) is 26.9. The Bertz CT molecular complexity index is 3750. The number of fused-ring (bicyclic) bond motifs is 7. The molecule has 4 aromatic heterocycles. The first kappa shape index (κ1) is 55.6. The van der Waals surface area contributed by atoms with Gasteiger partial charge in [0.15, 0.2) is 5.76 Å². The van der Waals surface area contributed by atoms with E-state index in [1.165, 1.54) is 10.5 Å². The van der Waals surface area contributed by atoms with Crippen LogP contribution >= 0.6 is 11.3 Å². The molecule has 3 aromatic carbocycles. The molecular formula is C63H70N11O9SSi. The van der Waals surface area contributed by atoms with Gasteiger partial charge in [0.1, 0.15) is 42.8 Å². The Labute approximate surface area is 500 Å². The van der Waals surface area contributed by atoms with E-state index in [4.69, 9.17) is 33.7 Å². The highest BCUT2D eigenvalue weighted by molar-refractivity contribution is 7.13. The zero-order chi connectivity index (χ0) is 58.6. The van der Waals surface area contributed by atoms with Crippen molar-refractivity contribution in [3.63, 3.8) is 0 Å². The number of amides is 3. The Hall–Kier alpha value is -7.24. The third-order valence-corrected chi connectivity index (χ3v) is 20.8. The normalized spacial score (nSPS) is 26.0. The van der Waals surface area contributed by atoms with E-state index in [2.05, 4.69) is 53.8 Å². The molecule has 1 aliphatic carbocycles. The number of aromatic nitrogens is 5. The molecule has 0 spiro atoms. The standard InChI is InChI=1S/C63H70N11O9SSi/c1-33(2)51(59(78)73-27-43(76)22-48(73)58(77)66-35(4)37-10-12-38(13-11-37)56-36(5)65-32-84-56)49-23-50(70-83-49)82-44-28-72(29-44)61(79)81-31-63(85)18-17-62(16-7-19-74(62)63)30-80-60-68-55-47(57(69-60)71-25-40-14-15-41(26-71)67-40)24-64-54-46-21-42(75)20-39-8-6-9-45(53(39)46)34(3)52(54)55/h6,8-13,20-21,23-24,32-35,40-41,43-44,48,51,67,75-76H,7,14-19,22,25-31H2,1-5H3,(H,66,77)/t34?,35-,40?,41?,43+,48-,51-,62+,63+/m0/s1. The number of nitrogens with zero attached hydrogens (tertiary/aromatic N) is 9. The van der Waals surface area contributed by atoms with Gasteiger partial charge in [-0.25, -0.2) is 9.78 Å². The number of nitrogens with one attached hydrogen (secondary N) is 2. The summed E-state index contributed by atoms with van der Waals surface area (Å²) in [6.45, 7) is 13.4. The van der Waals surface area contributed by atoms with E-state index < -0.39 is 29.3 Å². The number of rotatable bonds is 15. The minimum atomic E-state index is -0.878.